The van der Waals surface area contributed by atoms with E-state index in [1.807, 2.05) is 24.3 Å². The largest absolute Gasteiger partial charge is 0.506 e. The predicted molar refractivity (Wildman–Crippen MR) is 57.3 cm³/mol. The lowest BCUT2D eigenvalue weighted by atomic mass is 10.1. The van der Waals surface area contributed by atoms with Crippen LogP contribution in [0.25, 0.3) is 11.1 Å². The first-order chi connectivity index (χ1) is 7.29. The predicted octanol–water partition coefficient (Wildman–Crippen LogP) is 1.95. The molecule has 1 heterocycles. The molecular formula is C12H11NO2. The fraction of sp³-hybridized carbons (Fsp3) is 0.0833. The molecule has 0 atom stereocenters. The molecule has 3 nitrogen and oxygen atoms in total. The van der Waals surface area contributed by atoms with Gasteiger partial charge in [0.25, 0.3) is 0 Å². The van der Waals surface area contributed by atoms with Gasteiger partial charge in [0.05, 0.1) is 12.8 Å². The van der Waals surface area contributed by atoms with Crippen molar-refractivity contribution in [3.63, 3.8) is 0 Å². The third kappa shape index (κ3) is 2.14. The molecule has 0 fully saturated rings. The lowest BCUT2D eigenvalue weighted by Gasteiger charge is -2.03. The molecule has 0 saturated heterocycles. The molecule has 0 radical (unpaired) electrons. The Labute approximate surface area is 87.7 Å². The summed E-state index contributed by atoms with van der Waals surface area (Å²) in [4.78, 5) is 3.90. The van der Waals surface area contributed by atoms with Gasteiger partial charge in [0.2, 0.25) is 0 Å². The summed E-state index contributed by atoms with van der Waals surface area (Å²) in [6.07, 6.45) is 3.07. The van der Waals surface area contributed by atoms with E-state index in [2.05, 4.69) is 4.98 Å². The van der Waals surface area contributed by atoms with E-state index in [0.717, 1.165) is 16.7 Å². The van der Waals surface area contributed by atoms with Crippen molar-refractivity contribution in [1.82, 2.24) is 4.98 Å². The van der Waals surface area contributed by atoms with Gasteiger partial charge in [-0.1, -0.05) is 18.2 Å². The number of nitrogens with zero attached hydrogens (tertiary/aromatic N) is 1. The second kappa shape index (κ2) is 4.11. The SMILES string of the molecule is OCc1cccc(-c2cncc(O)c2)c1. The van der Waals surface area contributed by atoms with Gasteiger partial charge in [-0.3, -0.25) is 4.98 Å². The molecule has 0 aliphatic heterocycles. The zero-order valence-electron chi connectivity index (χ0n) is 8.09. The maximum absolute atomic E-state index is 9.29. The number of aromatic hydroxyl groups is 1. The van der Waals surface area contributed by atoms with Crippen molar-refractivity contribution in [2.24, 2.45) is 0 Å². The maximum atomic E-state index is 9.29. The first-order valence-electron chi connectivity index (χ1n) is 4.64. The van der Waals surface area contributed by atoms with E-state index in [4.69, 9.17) is 5.11 Å². The molecule has 3 heteroatoms. The van der Waals surface area contributed by atoms with E-state index in [1.165, 1.54) is 6.20 Å². The Hall–Kier alpha value is -1.87. The molecule has 0 aliphatic carbocycles. The van der Waals surface area contributed by atoms with E-state index < -0.39 is 0 Å². The zero-order valence-corrected chi connectivity index (χ0v) is 8.09. The number of benzene rings is 1. The van der Waals surface area contributed by atoms with E-state index in [9.17, 15) is 5.11 Å². The summed E-state index contributed by atoms with van der Waals surface area (Å²) in [5, 5.41) is 18.3. The molecule has 1 aromatic heterocycles. The van der Waals surface area contributed by atoms with Crippen LogP contribution in [0.3, 0.4) is 0 Å². The second-order valence-electron chi connectivity index (χ2n) is 3.29. The van der Waals surface area contributed by atoms with Crippen LogP contribution < -0.4 is 0 Å². The molecule has 2 N–H and O–H groups in total. The molecule has 15 heavy (non-hydrogen) atoms. The Morgan fingerprint density at radius 1 is 1.07 bits per heavy atom. The molecule has 1 aromatic carbocycles. The van der Waals surface area contributed by atoms with Gasteiger partial charge in [-0.05, 0) is 23.3 Å². The molecule has 76 valence electrons. The Morgan fingerprint density at radius 3 is 2.67 bits per heavy atom. The third-order valence-corrected chi connectivity index (χ3v) is 2.17. The van der Waals surface area contributed by atoms with E-state index in [1.54, 1.807) is 12.3 Å². The van der Waals surface area contributed by atoms with Crippen LogP contribution in [-0.2, 0) is 6.61 Å². The quantitative estimate of drug-likeness (QED) is 0.780. The Balaban J connectivity index is 2.44. The third-order valence-electron chi connectivity index (χ3n) is 2.17. The average molecular weight is 201 g/mol. The Kier molecular flexibility index (Phi) is 2.65. The normalized spacial score (nSPS) is 10.2. The summed E-state index contributed by atoms with van der Waals surface area (Å²) in [7, 11) is 0. The highest BCUT2D eigenvalue weighted by molar-refractivity contribution is 5.64. The van der Waals surface area contributed by atoms with Crippen LogP contribution in [0.15, 0.2) is 42.7 Å². The van der Waals surface area contributed by atoms with E-state index in [0.29, 0.717) is 0 Å². The van der Waals surface area contributed by atoms with Crippen molar-refractivity contribution in [3.05, 3.63) is 48.3 Å². The minimum atomic E-state index is 0.0140. The summed E-state index contributed by atoms with van der Waals surface area (Å²) in [5.41, 5.74) is 2.62. The molecule has 0 saturated carbocycles. The zero-order chi connectivity index (χ0) is 10.7. The molecule has 2 aromatic rings. The number of aromatic nitrogens is 1. The van der Waals surface area contributed by atoms with Crippen LogP contribution in [0.4, 0.5) is 0 Å². The number of hydrogen-bond acceptors (Lipinski definition) is 3. The summed E-state index contributed by atoms with van der Waals surface area (Å²) in [6, 6.07) is 9.14. The van der Waals surface area contributed by atoms with Gasteiger partial charge in [0.1, 0.15) is 5.75 Å². The highest BCUT2D eigenvalue weighted by Crippen LogP contribution is 2.22. The minimum absolute atomic E-state index is 0.0140. The highest BCUT2D eigenvalue weighted by Gasteiger charge is 2.00. The standard InChI is InChI=1S/C12H11NO2/c14-8-9-2-1-3-10(4-9)11-5-12(15)7-13-6-11/h1-7,14-15H,8H2. The van der Waals surface area contributed by atoms with Crippen LogP contribution >= 0.6 is 0 Å². The van der Waals surface area contributed by atoms with Crippen molar-refractivity contribution in [2.45, 2.75) is 6.61 Å². The van der Waals surface area contributed by atoms with E-state index in [-0.39, 0.29) is 12.4 Å². The molecule has 2 rings (SSSR count). The Morgan fingerprint density at radius 2 is 1.93 bits per heavy atom. The van der Waals surface area contributed by atoms with E-state index >= 15 is 0 Å². The average Bonchev–Trinajstić information content (AvgIpc) is 2.29. The van der Waals surface area contributed by atoms with Crippen LogP contribution in [-0.4, -0.2) is 15.2 Å². The summed E-state index contributed by atoms with van der Waals surface area (Å²) in [5.74, 6) is 0.141. The topological polar surface area (TPSA) is 53.4 Å². The number of hydrogen-bond donors (Lipinski definition) is 2. The van der Waals surface area contributed by atoms with Gasteiger partial charge in [-0.25, -0.2) is 0 Å². The molecule has 0 bridgehead atoms. The van der Waals surface area contributed by atoms with Crippen molar-refractivity contribution in [1.29, 1.82) is 0 Å². The summed E-state index contributed by atoms with van der Waals surface area (Å²) >= 11 is 0. The lowest BCUT2D eigenvalue weighted by molar-refractivity contribution is 0.282. The van der Waals surface area contributed by atoms with Crippen molar-refractivity contribution in [2.75, 3.05) is 0 Å². The van der Waals surface area contributed by atoms with Crippen molar-refractivity contribution >= 4 is 0 Å². The smallest absolute Gasteiger partial charge is 0.134 e. The van der Waals surface area contributed by atoms with Crippen LogP contribution in [0.5, 0.6) is 5.75 Å². The lowest BCUT2D eigenvalue weighted by Crippen LogP contribution is -1.85. The van der Waals surface area contributed by atoms with Gasteiger partial charge in [0, 0.05) is 11.8 Å². The molecule has 0 spiro atoms. The number of rotatable bonds is 2. The van der Waals surface area contributed by atoms with Crippen molar-refractivity contribution in [3.8, 4) is 16.9 Å². The Bertz CT molecular complexity index is 469. The minimum Gasteiger partial charge on any atom is -0.506 e. The first kappa shape index (κ1) is 9.68. The molecular weight excluding hydrogens is 190 g/mol. The van der Waals surface area contributed by atoms with Gasteiger partial charge in [-0.2, -0.15) is 0 Å². The highest BCUT2D eigenvalue weighted by atomic mass is 16.3. The first-order valence-corrected chi connectivity index (χ1v) is 4.64. The fourth-order valence-electron chi connectivity index (χ4n) is 1.43. The molecule has 0 aliphatic rings. The van der Waals surface area contributed by atoms with Gasteiger partial charge in [0.15, 0.2) is 0 Å². The van der Waals surface area contributed by atoms with Crippen LogP contribution in [0, 0.1) is 0 Å². The van der Waals surface area contributed by atoms with Gasteiger partial charge < -0.3 is 10.2 Å². The molecule has 0 amide bonds. The number of aliphatic hydroxyl groups excluding tert-OH is 1. The van der Waals surface area contributed by atoms with Crippen LogP contribution in [0.2, 0.25) is 0 Å². The second-order valence-corrected chi connectivity index (χ2v) is 3.29. The number of aliphatic hydroxyl groups is 1. The van der Waals surface area contributed by atoms with Gasteiger partial charge in [-0.15, -0.1) is 0 Å². The van der Waals surface area contributed by atoms with Crippen LogP contribution in [0.1, 0.15) is 5.56 Å². The van der Waals surface area contributed by atoms with Gasteiger partial charge >= 0.3 is 0 Å². The molecule has 0 unspecified atom stereocenters. The maximum Gasteiger partial charge on any atom is 0.134 e. The fourth-order valence-corrected chi connectivity index (χ4v) is 1.43. The summed E-state index contributed by atoms with van der Waals surface area (Å²) < 4.78 is 0. The monoisotopic (exact) mass is 201 g/mol. The van der Waals surface area contributed by atoms with Crippen molar-refractivity contribution < 1.29 is 10.2 Å². The summed E-state index contributed by atoms with van der Waals surface area (Å²) in [6.45, 7) is 0.0140. The number of pyridine rings is 1.